The van der Waals surface area contributed by atoms with Gasteiger partial charge in [0, 0.05) is 28.5 Å². The number of amides is 2. The number of carbonyl (C=O) groups is 3. The zero-order chi connectivity index (χ0) is 19.3. The van der Waals surface area contributed by atoms with Gasteiger partial charge in [-0.25, -0.2) is 0 Å². The van der Waals surface area contributed by atoms with Crippen LogP contribution < -0.4 is 4.87 Å². The molecule has 8 nitrogen and oxygen atoms in total. The fraction of sp³-hybridized carbons (Fsp3) is 0.294. The van der Waals surface area contributed by atoms with Crippen molar-refractivity contribution in [3.63, 3.8) is 0 Å². The molecule has 0 radical (unpaired) electrons. The van der Waals surface area contributed by atoms with Gasteiger partial charge in [-0.15, -0.1) is 11.8 Å². The fourth-order valence-electron chi connectivity index (χ4n) is 3.79. The van der Waals surface area contributed by atoms with Crippen LogP contribution in [0.1, 0.15) is 22.8 Å². The van der Waals surface area contributed by atoms with Crippen LogP contribution in [0.4, 0.5) is 0 Å². The number of carboxylic acids is 1. The number of phenolic OH excluding ortho intramolecular Hbond substituents is 1. The zero-order valence-corrected chi connectivity index (χ0v) is 15.4. The quantitative estimate of drug-likeness (QED) is 0.654. The van der Waals surface area contributed by atoms with Crippen LogP contribution in [0.2, 0.25) is 0 Å². The Balaban J connectivity index is 1.91. The van der Waals surface area contributed by atoms with E-state index in [1.54, 1.807) is 18.2 Å². The van der Waals surface area contributed by atoms with Crippen molar-refractivity contribution in [1.82, 2.24) is 9.88 Å². The molecule has 1 aromatic heterocycles. The van der Waals surface area contributed by atoms with Crippen molar-refractivity contribution in [1.29, 1.82) is 0 Å². The number of carbonyl (C=O) groups excluding carboxylic acids is 2. The van der Waals surface area contributed by atoms with Gasteiger partial charge in [0.1, 0.15) is 12.3 Å². The summed E-state index contributed by atoms with van der Waals surface area (Å²) in [6.07, 6.45) is -0.170. The summed E-state index contributed by atoms with van der Waals surface area (Å²) in [6, 6.07) is 6.48. The number of thiazole rings is 1. The van der Waals surface area contributed by atoms with Crippen molar-refractivity contribution in [2.75, 3.05) is 12.3 Å². The van der Waals surface area contributed by atoms with Crippen molar-refractivity contribution in [3.8, 4) is 5.75 Å². The van der Waals surface area contributed by atoms with Crippen LogP contribution in [0, 0.1) is 5.41 Å². The first-order valence-electron chi connectivity index (χ1n) is 8.04. The normalized spacial score (nSPS) is 24.4. The highest BCUT2D eigenvalue weighted by atomic mass is 32.2. The smallest absolute Gasteiger partial charge is 0.323 e. The summed E-state index contributed by atoms with van der Waals surface area (Å²) in [7, 11) is 0. The van der Waals surface area contributed by atoms with Gasteiger partial charge in [0.15, 0.2) is 0 Å². The minimum atomic E-state index is -1.27. The SMILES string of the molecule is O=C(O)CN1C(=O)CC2(CSc3[nH]c(=O)sc3C2c2ccccc2O)C1=O. The second kappa shape index (κ2) is 6.24. The molecule has 2 amide bonds. The molecular weight excluding hydrogens is 392 g/mol. The van der Waals surface area contributed by atoms with Crippen LogP contribution >= 0.6 is 23.1 Å². The number of thioether (sulfide) groups is 1. The van der Waals surface area contributed by atoms with Crippen molar-refractivity contribution in [2.24, 2.45) is 5.41 Å². The number of imide groups is 1. The molecular formula is C17H14N2O6S2. The minimum absolute atomic E-state index is 0.0440. The second-order valence-corrected chi connectivity index (χ2v) is 8.50. The molecule has 4 rings (SSSR count). The molecule has 0 bridgehead atoms. The molecule has 1 saturated heterocycles. The molecule has 2 atom stereocenters. The van der Waals surface area contributed by atoms with Crippen molar-refractivity contribution in [3.05, 3.63) is 44.4 Å². The highest BCUT2D eigenvalue weighted by Gasteiger charge is 2.60. The molecule has 140 valence electrons. The number of hydrogen-bond donors (Lipinski definition) is 3. The third-order valence-corrected chi connectivity index (χ3v) is 7.26. The number of likely N-dealkylation sites (tertiary alicyclic amines) is 1. The number of carboxylic acid groups (broad SMARTS) is 1. The molecule has 2 aliphatic rings. The molecule has 3 N–H and O–H groups in total. The lowest BCUT2D eigenvalue weighted by Gasteiger charge is -2.38. The maximum Gasteiger partial charge on any atom is 0.323 e. The first kappa shape index (κ1) is 17.8. The van der Waals surface area contributed by atoms with Crippen LogP contribution in [0.15, 0.2) is 34.1 Å². The number of aromatic amines is 1. The summed E-state index contributed by atoms with van der Waals surface area (Å²) in [5.74, 6) is -2.97. The van der Waals surface area contributed by atoms with E-state index < -0.39 is 35.7 Å². The van der Waals surface area contributed by atoms with E-state index in [9.17, 15) is 24.3 Å². The maximum absolute atomic E-state index is 13.2. The Morgan fingerprint density at radius 2 is 2.04 bits per heavy atom. The minimum Gasteiger partial charge on any atom is -0.508 e. The first-order valence-corrected chi connectivity index (χ1v) is 9.84. The van der Waals surface area contributed by atoms with Gasteiger partial charge in [0.05, 0.1) is 10.4 Å². The molecule has 2 aromatic rings. The van der Waals surface area contributed by atoms with Crippen molar-refractivity contribution < 1.29 is 24.6 Å². The Bertz CT molecular complexity index is 1030. The van der Waals surface area contributed by atoms with Gasteiger partial charge >= 0.3 is 10.8 Å². The Hall–Kier alpha value is -2.59. The van der Waals surface area contributed by atoms with E-state index in [1.165, 1.54) is 17.8 Å². The van der Waals surface area contributed by atoms with Crippen LogP contribution in [0.25, 0.3) is 0 Å². The number of para-hydroxylation sites is 1. The number of aromatic nitrogens is 1. The van der Waals surface area contributed by atoms with Crippen molar-refractivity contribution >= 4 is 40.9 Å². The number of rotatable bonds is 3. The average molecular weight is 406 g/mol. The third kappa shape index (κ3) is 2.67. The number of nitrogens with one attached hydrogen (secondary N) is 1. The number of H-pyrrole nitrogens is 1. The fourth-order valence-corrected chi connectivity index (χ4v) is 6.34. The van der Waals surface area contributed by atoms with Crippen LogP contribution in [0.5, 0.6) is 5.75 Å². The number of aromatic hydroxyl groups is 1. The predicted octanol–water partition coefficient (Wildman–Crippen LogP) is 1.21. The lowest BCUT2D eigenvalue weighted by atomic mass is 9.70. The van der Waals surface area contributed by atoms with Gasteiger partial charge in [-0.2, -0.15) is 0 Å². The standard InChI is InChI=1S/C17H14N2O6S2/c20-9-4-2-1-3-8(9)12-13-14(18-16(25)27-13)26-7-17(12)5-10(21)19(15(17)24)6-11(22)23/h1-4,12,20H,5-7H2,(H,18,25)(H,22,23). The van der Waals surface area contributed by atoms with Crippen LogP contribution in [0.3, 0.4) is 0 Å². The molecule has 3 heterocycles. The topological polar surface area (TPSA) is 128 Å². The number of hydrogen-bond acceptors (Lipinski definition) is 7. The summed E-state index contributed by atoms with van der Waals surface area (Å²) >= 11 is 2.20. The lowest BCUT2D eigenvalue weighted by Crippen LogP contribution is -2.44. The molecule has 0 saturated carbocycles. The van der Waals surface area contributed by atoms with Gasteiger partial charge in [-0.05, 0) is 6.07 Å². The van der Waals surface area contributed by atoms with Crippen molar-refractivity contribution in [2.45, 2.75) is 17.4 Å². The molecule has 1 fully saturated rings. The molecule has 1 aromatic carbocycles. The van der Waals surface area contributed by atoms with Gasteiger partial charge in [0.25, 0.3) is 0 Å². The Morgan fingerprint density at radius 3 is 2.74 bits per heavy atom. The third-order valence-electron chi connectivity index (χ3n) is 4.91. The van der Waals surface area contributed by atoms with Crippen LogP contribution in [-0.2, 0) is 14.4 Å². The average Bonchev–Trinajstić information content (AvgIpc) is 3.09. The summed E-state index contributed by atoms with van der Waals surface area (Å²) in [4.78, 5) is 52.5. The van der Waals surface area contributed by atoms with E-state index in [0.717, 1.165) is 16.2 Å². The predicted molar refractivity (Wildman–Crippen MR) is 97.0 cm³/mol. The first-order chi connectivity index (χ1) is 12.8. The Morgan fingerprint density at radius 1 is 1.30 bits per heavy atom. The van der Waals surface area contributed by atoms with Gasteiger partial charge in [-0.3, -0.25) is 24.1 Å². The molecule has 10 heteroatoms. The van der Waals surface area contributed by atoms with Gasteiger partial charge < -0.3 is 15.2 Å². The summed E-state index contributed by atoms with van der Waals surface area (Å²) in [5, 5.41) is 20.1. The highest BCUT2D eigenvalue weighted by Crippen LogP contribution is 2.57. The maximum atomic E-state index is 13.2. The zero-order valence-electron chi connectivity index (χ0n) is 13.8. The van der Waals surface area contributed by atoms with E-state index in [0.29, 0.717) is 15.5 Å². The molecule has 27 heavy (non-hydrogen) atoms. The Labute approximate surface area is 160 Å². The largest absolute Gasteiger partial charge is 0.508 e. The van der Waals surface area contributed by atoms with E-state index in [-0.39, 0.29) is 22.8 Å². The summed E-state index contributed by atoms with van der Waals surface area (Å²) in [5.41, 5.74) is -0.804. The van der Waals surface area contributed by atoms with E-state index in [2.05, 4.69) is 4.98 Å². The highest BCUT2D eigenvalue weighted by molar-refractivity contribution is 7.99. The summed E-state index contributed by atoms with van der Waals surface area (Å²) < 4.78 is 0. The number of fused-ring (bicyclic) bond motifs is 1. The Kier molecular flexibility index (Phi) is 4.11. The number of nitrogens with zero attached hydrogens (tertiary/aromatic N) is 1. The molecule has 2 aliphatic heterocycles. The second-order valence-electron chi connectivity index (χ2n) is 6.50. The van der Waals surface area contributed by atoms with E-state index in [1.807, 2.05) is 0 Å². The van der Waals surface area contributed by atoms with E-state index >= 15 is 0 Å². The van der Waals surface area contributed by atoms with Crippen LogP contribution in [-0.4, -0.2) is 50.2 Å². The molecule has 2 unspecified atom stereocenters. The molecule has 1 spiro atoms. The van der Waals surface area contributed by atoms with Gasteiger partial charge in [0.2, 0.25) is 11.8 Å². The number of phenols is 1. The van der Waals surface area contributed by atoms with E-state index in [4.69, 9.17) is 5.11 Å². The molecule has 0 aliphatic carbocycles. The monoisotopic (exact) mass is 406 g/mol. The number of benzene rings is 1. The van der Waals surface area contributed by atoms with Gasteiger partial charge in [-0.1, -0.05) is 29.5 Å². The summed E-state index contributed by atoms with van der Waals surface area (Å²) in [6.45, 7) is -0.701. The number of aliphatic carboxylic acids is 1. The lowest BCUT2D eigenvalue weighted by molar-refractivity contribution is -0.150.